The molecule has 7 heteroatoms. The number of nitrogens with zero attached hydrogens (tertiary/aromatic N) is 5. The summed E-state index contributed by atoms with van der Waals surface area (Å²) in [6.07, 6.45) is 2.35. The molecule has 1 amide bonds. The summed E-state index contributed by atoms with van der Waals surface area (Å²) in [5.74, 6) is 1.96. The fourth-order valence-corrected chi connectivity index (χ4v) is 4.28. The van der Waals surface area contributed by atoms with Gasteiger partial charge in [-0.3, -0.25) is 4.79 Å². The van der Waals surface area contributed by atoms with Gasteiger partial charge in [0, 0.05) is 51.6 Å². The van der Waals surface area contributed by atoms with E-state index >= 15 is 0 Å². The fourth-order valence-electron chi connectivity index (χ4n) is 3.37. The van der Waals surface area contributed by atoms with Crippen LogP contribution in [-0.4, -0.2) is 57.3 Å². The number of piperazine rings is 1. The molecule has 0 radical (unpaired) electrons. The minimum absolute atomic E-state index is 0.224. The van der Waals surface area contributed by atoms with E-state index in [-0.39, 0.29) is 5.91 Å². The summed E-state index contributed by atoms with van der Waals surface area (Å²) < 4.78 is 2.09. The predicted molar refractivity (Wildman–Crippen MR) is 109 cm³/mol. The number of carbonyl (C=O) groups excluding carboxylic acids is 1. The van der Waals surface area contributed by atoms with E-state index in [4.69, 9.17) is 0 Å². The van der Waals surface area contributed by atoms with E-state index in [1.54, 1.807) is 11.8 Å². The van der Waals surface area contributed by atoms with Gasteiger partial charge in [-0.25, -0.2) is 9.97 Å². The van der Waals surface area contributed by atoms with E-state index in [1.165, 1.54) is 0 Å². The molecule has 1 fully saturated rings. The Bertz CT molecular complexity index is 919. The Balaban J connectivity index is 1.27. The summed E-state index contributed by atoms with van der Waals surface area (Å²) in [6, 6.07) is 14.0. The summed E-state index contributed by atoms with van der Waals surface area (Å²) in [7, 11) is 2.02. The second kappa shape index (κ2) is 8.00. The van der Waals surface area contributed by atoms with Crippen LogP contribution in [0.5, 0.6) is 0 Å². The third-order valence-corrected chi connectivity index (χ3v) is 5.93. The van der Waals surface area contributed by atoms with Gasteiger partial charge in [0.1, 0.15) is 5.82 Å². The number of fused-ring (bicyclic) bond motifs is 1. The van der Waals surface area contributed by atoms with Crippen LogP contribution in [-0.2, 0) is 11.8 Å². The lowest BCUT2D eigenvalue weighted by molar-refractivity contribution is -0.131. The smallest absolute Gasteiger partial charge is 0.223 e. The maximum absolute atomic E-state index is 12.5. The molecule has 140 valence electrons. The Morgan fingerprint density at radius 2 is 1.85 bits per heavy atom. The number of aryl methyl sites for hydroxylation is 1. The molecule has 1 saturated heterocycles. The van der Waals surface area contributed by atoms with Gasteiger partial charge in [0.25, 0.3) is 0 Å². The van der Waals surface area contributed by atoms with Crippen LogP contribution in [0.2, 0.25) is 0 Å². The molecule has 1 aliphatic rings. The average Bonchev–Trinajstić information content (AvgIpc) is 3.05. The van der Waals surface area contributed by atoms with Gasteiger partial charge in [0.15, 0.2) is 5.16 Å². The van der Waals surface area contributed by atoms with Crippen LogP contribution in [0.3, 0.4) is 0 Å². The summed E-state index contributed by atoms with van der Waals surface area (Å²) >= 11 is 1.65. The van der Waals surface area contributed by atoms with Gasteiger partial charge in [-0.1, -0.05) is 30.0 Å². The molecule has 0 bridgehead atoms. The molecular weight excluding hydrogens is 358 g/mol. The van der Waals surface area contributed by atoms with Crippen molar-refractivity contribution in [3.8, 4) is 0 Å². The van der Waals surface area contributed by atoms with E-state index in [2.05, 4.69) is 25.5 Å². The number of benzene rings is 1. The topological polar surface area (TPSA) is 54.3 Å². The lowest BCUT2D eigenvalue weighted by atomic mass is 10.3. The molecule has 3 heterocycles. The molecular formula is C20H23N5OS. The lowest BCUT2D eigenvalue weighted by Gasteiger charge is -2.35. The highest BCUT2D eigenvalue weighted by molar-refractivity contribution is 7.99. The minimum atomic E-state index is 0.224. The first-order valence-electron chi connectivity index (χ1n) is 9.20. The first-order chi connectivity index (χ1) is 13.2. The highest BCUT2D eigenvalue weighted by atomic mass is 32.2. The minimum Gasteiger partial charge on any atom is -0.353 e. The van der Waals surface area contributed by atoms with Gasteiger partial charge in [-0.15, -0.1) is 0 Å². The predicted octanol–water partition coefficient (Wildman–Crippen LogP) is 2.80. The maximum atomic E-state index is 12.5. The van der Waals surface area contributed by atoms with Crippen molar-refractivity contribution < 1.29 is 4.79 Å². The van der Waals surface area contributed by atoms with Crippen LogP contribution in [0.25, 0.3) is 11.0 Å². The van der Waals surface area contributed by atoms with E-state index in [1.807, 2.05) is 54.5 Å². The lowest BCUT2D eigenvalue weighted by Crippen LogP contribution is -2.49. The summed E-state index contributed by atoms with van der Waals surface area (Å²) in [4.78, 5) is 25.8. The molecule has 0 aliphatic carbocycles. The van der Waals surface area contributed by atoms with Crippen LogP contribution in [0.4, 0.5) is 5.82 Å². The number of anilines is 1. The van der Waals surface area contributed by atoms with Crippen molar-refractivity contribution in [3.63, 3.8) is 0 Å². The molecule has 0 saturated carbocycles. The quantitative estimate of drug-likeness (QED) is 0.636. The third-order valence-electron chi connectivity index (χ3n) is 4.90. The Hall–Kier alpha value is -2.54. The number of hydrogen-bond acceptors (Lipinski definition) is 5. The largest absolute Gasteiger partial charge is 0.353 e. The zero-order chi connectivity index (χ0) is 18.6. The maximum Gasteiger partial charge on any atom is 0.223 e. The number of imidazole rings is 1. The van der Waals surface area contributed by atoms with Gasteiger partial charge in [0.2, 0.25) is 5.91 Å². The molecule has 1 aromatic carbocycles. The van der Waals surface area contributed by atoms with Crippen molar-refractivity contribution in [2.75, 3.05) is 36.8 Å². The van der Waals surface area contributed by atoms with Crippen LogP contribution < -0.4 is 4.90 Å². The normalized spacial score (nSPS) is 14.7. The van der Waals surface area contributed by atoms with Crippen LogP contribution >= 0.6 is 11.8 Å². The van der Waals surface area contributed by atoms with Gasteiger partial charge in [-0.2, -0.15) is 0 Å². The van der Waals surface area contributed by atoms with Gasteiger partial charge < -0.3 is 14.4 Å². The van der Waals surface area contributed by atoms with Crippen LogP contribution in [0.1, 0.15) is 6.42 Å². The van der Waals surface area contributed by atoms with Gasteiger partial charge >= 0.3 is 0 Å². The van der Waals surface area contributed by atoms with E-state index in [0.717, 1.165) is 53.9 Å². The molecule has 0 atom stereocenters. The van der Waals surface area contributed by atoms with Crippen LogP contribution in [0.15, 0.2) is 53.8 Å². The monoisotopic (exact) mass is 381 g/mol. The number of carbonyl (C=O) groups is 1. The number of hydrogen-bond donors (Lipinski definition) is 0. The summed E-state index contributed by atoms with van der Waals surface area (Å²) in [5, 5.41) is 0.962. The fraction of sp³-hybridized carbons (Fsp3) is 0.350. The highest BCUT2D eigenvalue weighted by Crippen LogP contribution is 2.23. The summed E-state index contributed by atoms with van der Waals surface area (Å²) in [6.45, 7) is 3.18. The number of thioether (sulfide) groups is 1. The standard InChI is InChI=1S/C20H23N5OS/c1-23-17-7-3-2-6-16(17)22-20(23)27-15-9-19(26)25-13-11-24(12-14-25)18-8-4-5-10-21-18/h2-8,10H,9,11-15H2,1H3. The Kier molecular flexibility index (Phi) is 5.29. The van der Waals surface area contributed by atoms with Crippen molar-refractivity contribution in [1.29, 1.82) is 0 Å². The number of amides is 1. The number of rotatable bonds is 5. The molecule has 0 N–H and O–H groups in total. The van der Waals surface area contributed by atoms with Crippen molar-refractivity contribution in [2.45, 2.75) is 11.6 Å². The molecule has 1 aliphatic heterocycles. The Labute approximate surface area is 163 Å². The number of aromatic nitrogens is 3. The van der Waals surface area contributed by atoms with Crippen LogP contribution in [0, 0.1) is 0 Å². The van der Waals surface area contributed by atoms with Crippen molar-refractivity contribution in [2.24, 2.45) is 7.05 Å². The van der Waals surface area contributed by atoms with Crippen molar-refractivity contribution in [3.05, 3.63) is 48.7 Å². The SMILES string of the molecule is Cn1c(SCCC(=O)N2CCN(c3ccccn3)CC2)nc2ccccc21. The molecule has 6 nitrogen and oxygen atoms in total. The summed E-state index contributed by atoms with van der Waals surface area (Å²) in [5.41, 5.74) is 2.12. The van der Waals surface area contributed by atoms with Crippen molar-refractivity contribution in [1.82, 2.24) is 19.4 Å². The first kappa shape index (κ1) is 17.9. The Morgan fingerprint density at radius 3 is 2.59 bits per heavy atom. The molecule has 0 unspecified atom stereocenters. The molecule has 27 heavy (non-hydrogen) atoms. The zero-order valence-corrected chi connectivity index (χ0v) is 16.2. The van der Waals surface area contributed by atoms with Gasteiger partial charge in [-0.05, 0) is 24.3 Å². The van der Waals surface area contributed by atoms with E-state index < -0.39 is 0 Å². The zero-order valence-electron chi connectivity index (χ0n) is 15.4. The molecule has 4 rings (SSSR count). The first-order valence-corrected chi connectivity index (χ1v) is 10.2. The molecule has 2 aromatic heterocycles. The Morgan fingerprint density at radius 1 is 1.07 bits per heavy atom. The molecule has 0 spiro atoms. The molecule has 3 aromatic rings. The van der Waals surface area contributed by atoms with E-state index in [9.17, 15) is 4.79 Å². The van der Waals surface area contributed by atoms with E-state index in [0.29, 0.717) is 6.42 Å². The number of pyridine rings is 1. The second-order valence-corrected chi connectivity index (χ2v) is 7.66. The van der Waals surface area contributed by atoms with Crippen molar-refractivity contribution >= 4 is 34.5 Å². The second-order valence-electron chi connectivity index (χ2n) is 6.60. The highest BCUT2D eigenvalue weighted by Gasteiger charge is 2.21. The van der Waals surface area contributed by atoms with Gasteiger partial charge in [0.05, 0.1) is 11.0 Å². The average molecular weight is 382 g/mol. The number of para-hydroxylation sites is 2. The third kappa shape index (κ3) is 3.93.